The van der Waals surface area contributed by atoms with Crippen molar-refractivity contribution in [2.45, 2.75) is 96.0 Å². The SMILES string of the molecule is CC(C)c1cc(C(C)C)c(S(=O)(=O)N[C@@H](Cc2cccc(C#N)c2)C(=O)C2(C(=O)NCc3ccccc3)CCCNC2)c(C(C)C)c1. The Morgan fingerprint density at radius 1 is 0.894 bits per heavy atom. The van der Waals surface area contributed by atoms with Crippen molar-refractivity contribution in [3.63, 3.8) is 0 Å². The Balaban J connectivity index is 1.82. The fraction of sp³-hybridized carbons (Fsp3) is 0.447. The second-order valence-corrected chi connectivity index (χ2v) is 15.2. The molecule has 1 heterocycles. The monoisotopic (exact) mass is 656 g/mol. The van der Waals surface area contributed by atoms with Crippen molar-refractivity contribution in [2.75, 3.05) is 13.1 Å². The predicted molar refractivity (Wildman–Crippen MR) is 186 cm³/mol. The van der Waals surface area contributed by atoms with Crippen LogP contribution in [0.4, 0.5) is 0 Å². The molecule has 0 radical (unpaired) electrons. The number of piperidine rings is 1. The minimum absolute atomic E-state index is 0.0145. The third-order valence-corrected chi connectivity index (χ3v) is 10.6. The van der Waals surface area contributed by atoms with Gasteiger partial charge in [0.15, 0.2) is 5.78 Å². The van der Waals surface area contributed by atoms with Gasteiger partial charge in [-0.05, 0) is 83.5 Å². The van der Waals surface area contributed by atoms with E-state index in [1.165, 1.54) is 0 Å². The van der Waals surface area contributed by atoms with Crippen LogP contribution < -0.4 is 15.4 Å². The number of benzene rings is 3. The van der Waals surface area contributed by atoms with E-state index in [1.807, 2.05) is 70.2 Å². The molecular weight excluding hydrogens is 609 g/mol. The Hall–Kier alpha value is -3.84. The van der Waals surface area contributed by atoms with Crippen LogP contribution in [0.2, 0.25) is 0 Å². The molecule has 0 saturated carbocycles. The second kappa shape index (κ2) is 15.4. The Bertz CT molecular complexity index is 1690. The van der Waals surface area contributed by atoms with E-state index >= 15 is 0 Å². The highest BCUT2D eigenvalue weighted by Gasteiger charge is 2.50. The number of rotatable bonds is 13. The highest BCUT2D eigenvalue weighted by Crippen LogP contribution is 2.36. The molecule has 1 aliphatic rings. The van der Waals surface area contributed by atoms with Crippen molar-refractivity contribution in [1.82, 2.24) is 15.4 Å². The number of carbonyl (C=O) groups is 2. The van der Waals surface area contributed by atoms with E-state index in [9.17, 15) is 23.3 Å². The Labute approximate surface area is 280 Å². The highest BCUT2D eigenvalue weighted by atomic mass is 32.2. The van der Waals surface area contributed by atoms with Crippen LogP contribution in [-0.4, -0.2) is 39.2 Å². The fourth-order valence-corrected chi connectivity index (χ4v) is 8.23. The van der Waals surface area contributed by atoms with Gasteiger partial charge in [0.05, 0.1) is 22.6 Å². The van der Waals surface area contributed by atoms with Gasteiger partial charge in [0.1, 0.15) is 5.41 Å². The molecule has 3 aromatic rings. The molecule has 8 nitrogen and oxygen atoms in total. The molecule has 1 amide bonds. The van der Waals surface area contributed by atoms with Crippen molar-refractivity contribution in [2.24, 2.45) is 5.41 Å². The predicted octanol–water partition coefficient (Wildman–Crippen LogP) is 6.07. The summed E-state index contributed by atoms with van der Waals surface area (Å²) in [6.07, 6.45) is 0.854. The van der Waals surface area contributed by atoms with Crippen molar-refractivity contribution in [1.29, 1.82) is 5.26 Å². The molecule has 250 valence electrons. The number of nitrogens with one attached hydrogen (secondary N) is 3. The minimum atomic E-state index is -4.27. The first-order chi connectivity index (χ1) is 22.3. The van der Waals surface area contributed by atoms with Crippen LogP contribution in [0.25, 0.3) is 0 Å². The van der Waals surface area contributed by atoms with Crippen LogP contribution in [0, 0.1) is 16.7 Å². The summed E-state index contributed by atoms with van der Waals surface area (Å²) in [6.45, 7) is 13.0. The zero-order chi connectivity index (χ0) is 34.4. The number of sulfonamides is 1. The first kappa shape index (κ1) is 36.0. The lowest BCUT2D eigenvalue weighted by atomic mass is 9.73. The largest absolute Gasteiger partial charge is 0.351 e. The fourth-order valence-electron chi connectivity index (χ4n) is 6.34. The molecule has 1 saturated heterocycles. The number of nitriles is 1. The van der Waals surface area contributed by atoms with Gasteiger partial charge in [-0.3, -0.25) is 9.59 Å². The second-order valence-electron chi connectivity index (χ2n) is 13.6. The number of ketones is 1. The number of amides is 1. The zero-order valence-electron chi connectivity index (χ0n) is 28.4. The number of hydrogen-bond acceptors (Lipinski definition) is 6. The molecule has 0 spiro atoms. The van der Waals surface area contributed by atoms with E-state index in [2.05, 4.69) is 35.3 Å². The Morgan fingerprint density at radius 3 is 2.09 bits per heavy atom. The lowest BCUT2D eigenvalue weighted by Crippen LogP contribution is -2.60. The summed E-state index contributed by atoms with van der Waals surface area (Å²) < 4.78 is 32.1. The molecule has 9 heteroatoms. The average Bonchev–Trinajstić information content (AvgIpc) is 3.06. The van der Waals surface area contributed by atoms with Crippen LogP contribution in [0.3, 0.4) is 0 Å². The summed E-state index contributed by atoms with van der Waals surface area (Å²) in [5, 5.41) is 15.7. The summed E-state index contributed by atoms with van der Waals surface area (Å²) in [5.41, 5.74) is 2.87. The van der Waals surface area contributed by atoms with Gasteiger partial charge < -0.3 is 10.6 Å². The van der Waals surface area contributed by atoms with Crippen LogP contribution in [0.15, 0.2) is 71.6 Å². The zero-order valence-corrected chi connectivity index (χ0v) is 29.2. The molecule has 1 fully saturated rings. The standard InChI is InChI=1S/C38H48N4O4S/c1-25(2)31-20-32(26(3)4)35(33(21-31)27(5)6)47(45,46)42-34(19-29-14-10-15-30(18-29)22-39)36(43)38(16-11-17-40-24-38)37(44)41-23-28-12-8-7-9-13-28/h7-10,12-15,18,20-21,25-27,34,40,42H,11,16-17,19,23-24H2,1-6H3,(H,41,44)/t34-,38?/m0/s1. The smallest absolute Gasteiger partial charge is 0.241 e. The third-order valence-electron chi connectivity index (χ3n) is 9.04. The van der Waals surface area contributed by atoms with Gasteiger partial charge in [-0.2, -0.15) is 5.26 Å². The minimum Gasteiger partial charge on any atom is -0.351 e. The first-order valence-corrected chi connectivity index (χ1v) is 18.0. The topological polar surface area (TPSA) is 128 Å². The molecular formula is C38H48N4O4S. The van der Waals surface area contributed by atoms with Gasteiger partial charge in [0.2, 0.25) is 15.9 Å². The van der Waals surface area contributed by atoms with E-state index in [0.717, 1.165) is 11.1 Å². The summed E-state index contributed by atoms with van der Waals surface area (Å²) in [4.78, 5) is 29.0. The van der Waals surface area contributed by atoms with Gasteiger partial charge >= 0.3 is 0 Å². The quantitative estimate of drug-likeness (QED) is 0.192. The molecule has 0 aromatic heterocycles. The van der Waals surface area contributed by atoms with Crippen LogP contribution in [0.5, 0.6) is 0 Å². The lowest BCUT2D eigenvalue weighted by Gasteiger charge is -2.37. The van der Waals surface area contributed by atoms with E-state index in [4.69, 9.17) is 0 Å². The van der Waals surface area contributed by atoms with E-state index < -0.39 is 33.2 Å². The molecule has 1 unspecified atom stereocenters. The normalized spacial score (nSPS) is 17.4. The van der Waals surface area contributed by atoms with E-state index in [1.54, 1.807) is 24.3 Å². The highest BCUT2D eigenvalue weighted by molar-refractivity contribution is 7.89. The number of carbonyl (C=O) groups excluding carboxylic acids is 2. The summed E-state index contributed by atoms with van der Waals surface area (Å²) in [6, 6.07) is 21.1. The third kappa shape index (κ3) is 8.36. The summed E-state index contributed by atoms with van der Waals surface area (Å²) in [7, 11) is -4.27. The molecule has 47 heavy (non-hydrogen) atoms. The van der Waals surface area contributed by atoms with Crippen LogP contribution in [-0.2, 0) is 32.6 Å². The Morgan fingerprint density at radius 2 is 1.53 bits per heavy atom. The van der Waals surface area contributed by atoms with Crippen molar-refractivity contribution in [3.05, 3.63) is 100 Å². The van der Waals surface area contributed by atoms with Crippen LogP contribution in [0.1, 0.15) is 106 Å². The molecule has 2 atom stereocenters. The molecule has 0 bridgehead atoms. The molecule has 4 rings (SSSR count). The van der Waals surface area contributed by atoms with Crippen LogP contribution >= 0.6 is 0 Å². The summed E-state index contributed by atoms with van der Waals surface area (Å²) >= 11 is 0. The van der Waals surface area contributed by atoms with Gasteiger partial charge in [0.25, 0.3) is 0 Å². The number of hydrogen-bond donors (Lipinski definition) is 3. The van der Waals surface area contributed by atoms with Gasteiger partial charge in [-0.1, -0.05) is 96.1 Å². The molecule has 0 aliphatic carbocycles. The van der Waals surface area contributed by atoms with Gasteiger partial charge in [-0.15, -0.1) is 0 Å². The maximum absolute atomic E-state index is 14.8. The average molecular weight is 657 g/mol. The lowest BCUT2D eigenvalue weighted by molar-refractivity contribution is -0.144. The van der Waals surface area contributed by atoms with Crippen molar-refractivity contribution in [3.8, 4) is 6.07 Å². The first-order valence-electron chi connectivity index (χ1n) is 16.6. The molecule has 3 aromatic carbocycles. The maximum Gasteiger partial charge on any atom is 0.241 e. The summed E-state index contributed by atoms with van der Waals surface area (Å²) in [5.74, 6) is -0.920. The van der Waals surface area contributed by atoms with Crippen molar-refractivity contribution >= 4 is 21.7 Å². The van der Waals surface area contributed by atoms with Gasteiger partial charge in [-0.25, -0.2) is 13.1 Å². The number of nitrogens with zero attached hydrogens (tertiary/aromatic N) is 1. The van der Waals surface area contributed by atoms with E-state index in [0.29, 0.717) is 35.2 Å². The maximum atomic E-state index is 14.8. The molecule has 3 N–H and O–H groups in total. The Kier molecular flexibility index (Phi) is 11.8. The van der Waals surface area contributed by atoms with Gasteiger partial charge in [0, 0.05) is 13.1 Å². The number of Topliss-reactive ketones (excluding diaryl/α,β-unsaturated/α-hetero) is 1. The van der Waals surface area contributed by atoms with Crippen molar-refractivity contribution < 1.29 is 18.0 Å². The molecule has 1 aliphatic heterocycles. The van der Waals surface area contributed by atoms with E-state index in [-0.39, 0.29) is 48.6 Å².